The maximum Gasteiger partial charge on any atom is 0.327 e. The van der Waals surface area contributed by atoms with E-state index in [-0.39, 0.29) is 5.91 Å². The molecular weight excluding hydrogens is 232 g/mol. The molecule has 1 aliphatic carbocycles. The molecule has 0 aromatic heterocycles. The second-order valence-electron chi connectivity index (χ2n) is 5.14. The molecule has 0 heterocycles. The number of aliphatic carboxylic acids is 1. The molecule has 3 N–H and O–H groups in total. The first-order chi connectivity index (χ1) is 8.52. The molecule has 104 valence electrons. The molecular formula is C13H24N2O3. The molecule has 1 saturated carbocycles. The van der Waals surface area contributed by atoms with Crippen molar-refractivity contribution in [2.75, 3.05) is 6.54 Å². The summed E-state index contributed by atoms with van der Waals surface area (Å²) in [5.41, 5.74) is 0. The van der Waals surface area contributed by atoms with E-state index in [1.165, 1.54) is 26.2 Å². The summed E-state index contributed by atoms with van der Waals surface area (Å²) in [6.07, 6.45) is 5.88. The van der Waals surface area contributed by atoms with E-state index in [0.717, 1.165) is 18.8 Å². The molecule has 0 aromatic rings. The lowest BCUT2D eigenvalue weighted by Gasteiger charge is -2.30. The zero-order valence-corrected chi connectivity index (χ0v) is 11.2. The van der Waals surface area contributed by atoms with Crippen molar-refractivity contribution in [1.29, 1.82) is 0 Å². The zero-order valence-electron chi connectivity index (χ0n) is 11.2. The fourth-order valence-electron chi connectivity index (χ4n) is 2.58. The quantitative estimate of drug-likeness (QED) is 0.666. The van der Waals surface area contributed by atoms with Crippen molar-refractivity contribution in [3.63, 3.8) is 0 Å². The van der Waals surface area contributed by atoms with Gasteiger partial charge < -0.3 is 15.7 Å². The predicted octanol–water partition coefficient (Wildman–Crippen LogP) is 1.13. The average molecular weight is 256 g/mol. The van der Waals surface area contributed by atoms with Crippen molar-refractivity contribution < 1.29 is 14.7 Å². The van der Waals surface area contributed by atoms with E-state index in [9.17, 15) is 9.59 Å². The molecule has 18 heavy (non-hydrogen) atoms. The van der Waals surface area contributed by atoms with Crippen LogP contribution in [0.15, 0.2) is 0 Å². The van der Waals surface area contributed by atoms with Crippen LogP contribution >= 0.6 is 0 Å². The lowest BCUT2D eigenvalue weighted by molar-refractivity contribution is -0.141. The lowest BCUT2D eigenvalue weighted by Crippen LogP contribution is -2.49. The number of carbonyl (C=O) groups excluding carboxylic acids is 1. The Bertz CT molecular complexity index is 294. The fraction of sp³-hybridized carbons (Fsp3) is 0.846. The first kappa shape index (κ1) is 15.0. The van der Waals surface area contributed by atoms with Crippen LogP contribution in [0.3, 0.4) is 0 Å². The monoisotopic (exact) mass is 256 g/mol. The van der Waals surface area contributed by atoms with Gasteiger partial charge in [0, 0.05) is 19.5 Å². The van der Waals surface area contributed by atoms with Gasteiger partial charge in [0.1, 0.15) is 6.04 Å². The Morgan fingerprint density at radius 2 is 2.11 bits per heavy atom. The topological polar surface area (TPSA) is 78.4 Å². The van der Waals surface area contributed by atoms with E-state index < -0.39 is 12.0 Å². The van der Waals surface area contributed by atoms with E-state index in [1.54, 1.807) is 0 Å². The third-order valence-electron chi connectivity index (χ3n) is 3.65. The molecule has 0 bridgehead atoms. The molecule has 3 atom stereocenters. The summed E-state index contributed by atoms with van der Waals surface area (Å²) in [6, 6.07) is -0.441. The molecule has 0 aliphatic heterocycles. The van der Waals surface area contributed by atoms with Crippen molar-refractivity contribution in [2.45, 2.75) is 58.0 Å². The van der Waals surface area contributed by atoms with E-state index in [1.807, 2.05) is 0 Å². The van der Waals surface area contributed by atoms with Gasteiger partial charge in [0.05, 0.1) is 0 Å². The SMILES string of the molecule is CCC1CCCC(NCC(NC(C)=O)C(=O)O)C1. The maximum absolute atomic E-state index is 11.0. The van der Waals surface area contributed by atoms with Crippen molar-refractivity contribution in [1.82, 2.24) is 10.6 Å². The molecule has 0 saturated heterocycles. The van der Waals surface area contributed by atoms with Gasteiger partial charge in [0.25, 0.3) is 0 Å². The maximum atomic E-state index is 11.0. The summed E-state index contributed by atoms with van der Waals surface area (Å²) < 4.78 is 0. The highest BCUT2D eigenvalue weighted by Gasteiger charge is 2.23. The van der Waals surface area contributed by atoms with Gasteiger partial charge in [-0.25, -0.2) is 4.79 Å². The third kappa shape index (κ3) is 5.04. The van der Waals surface area contributed by atoms with Crippen LogP contribution in [0.5, 0.6) is 0 Å². The van der Waals surface area contributed by atoms with Gasteiger partial charge in [0.15, 0.2) is 0 Å². The van der Waals surface area contributed by atoms with Crippen LogP contribution in [0, 0.1) is 5.92 Å². The van der Waals surface area contributed by atoms with Gasteiger partial charge in [-0.15, -0.1) is 0 Å². The van der Waals surface area contributed by atoms with Crippen LogP contribution in [0.2, 0.25) is 0 Å². The van der Waals surface area contributed by atoms with Crippen LogP contribution in [0.4, 0.5) is 0 Å². The normalized spacial score (nSPS) is 25.4. The van der Waals surface area contributed by atoms with Crippen molar-refractivity contribution in [3.8, 4) is 0 Å². The molecule has 5 nitrogen and oxygen atoms in total. The van der Waals surface area contributed by atoms with Crippen LogP contribution in [-0.2, 0) is 9.59 Å². The smallest absolute Gasteiger partial charge is 0.327 e. The highest BCUT2D eigenvalue weighted by Crippen LogP contribution is 2.26. The molecule has 3 unspecified atom stereocenters. The largest absolute Gasteiger partial charge is 0.480 e. The first-order valence-electron chi connectivity index (χ1n) is 6.76. The number of hydrogen-bond acceptors (Lipinski definition) is 3. The second-order valence-corrected chi connectivity index (χ2v) is 5.14. The Kier molecular flexibility index (Phi) is 6.12. The Morgan fingerprint density at radius 3 is 2.67 bits per heavy atom. The summed E-state index contributed by atoms with van der Waals surface area (Å²) in [6.45, 7) is 3.84. The highest BCUT2D eigenvalue weighted by molar-refractivity contribution is 5.82. The molecule has 1 fully saturated rings. The second kappa shape index (κ2) is 7.36. The highest BCUT2D eigenvalue weighted by atomic mass is 16.4. The standard InChI is InChI=1S/C13H24N2O3/c1-3-10-5-4-6-11(7-10)14-8-12(13(17)18)15-9(2)16/h10-12,14H,3-8H2,1-2H3,(H,15,16)(H,17,18). The fourth-order valence-corrected chi connectivity index (χ4v) is 2.58. The van der Waals surface area contributed by atoms with E-state index in [4.69, 9.17) is 5.11 Å². The number of carboxylic acid groups (broad SMARTS) is 1. The van der Waals surface area contributed by atoms with Gasteiger partial charge in [-0.1, -0.05) is 26.2 Å². The minimum atomic E-state index is -0.986. The minimum absolute atomic E-state index is 0.302. The Hall–Kier alpha value is -1.10. The number of amides is 1. The summed E-state index contributed by atoms with van der Waals surface area (Å²) in [5, 5.41) is 14.7. The lowest BCUT2D eigenvalue weighted by atomic mass is 9.84. The molecule has 0 spiro atoms. The molecule has 1 rings (SSSR count). The number of rotatable bonds is 6. The number of carboxylic acids is 1. The summed E-state index contributed by atoms with van der Waals surface area (Å²) in [5.74, 6) is -0.542. The summed E-state index contributed by atoms with van der Waals surface area (Å²) in [7, 11) is 0. The van der Waals surface area contributed by atoms with Crippen LogP contribution in [0.1, 0.15) is 46.0 Å². The van der Waals surface area contributed by atoms with E-state index in [2.05, 4.69) is 17.6 Å². The van der Waals surface area contributed by atoms with Gasteiger partial charge in [-0.3, -0.25) is 4.79 Å². The molecule has 5 heteroatoms. The van der Waals surface area contributed by atoms with Crippen LogP contribution in [-0.4, -0.2) is 35.6 Å². The van der Waals surface area contributed by atoms with Gasteiger partial charge in [-0.05, 0) is 18.8 Å². The Labute approximate surface area is 108 Å². The Morgan fingerprint density at radius 1 is 1.39 bits per heavy atom. The summed E-state index contributed by atoms with van der Waals surface area (Å²) >= 11 is 0. The predicted molar refractivity (Wildman–Crippen MR) is 69.3 cm³/mol. The molecule has 0 aromatic carbocycles. The van der Waals surface area contributed by atoms with Gasteiger partial charge >= 0.3 is 5.97 Å². The van der Waals surface area contributed by atoms with E-state index >= 15 is 0 Å². The van der Waals surface area contributed by atoms with E-state index in [0.29, 0.717) is 12.6 Å². The number of hydrogen-bond donors (Lipinski definition) is 3. The minimum Gasteiger partial charge on any atom is -0.480 e. The number of carbonyl (C=O) groups is 2. The summed E-state index contributed by atoms with van der Waals surface area (Å²) in [4.78, 5) is 21.9. The Balaban J connectivity index is 2.37. The van der Waals surface area contributed by atoms with Crippen molar-refractivity contribution >= 4 is 11.9 Å². The third-order valence-corrected chi connectivity index (χ3v) is 3.65. The van der Waals surface area contributed by atoms with Crippen molar-refractivity contribution in [3.05, 3.63) is 0 Å². The zero-order chi connectivity index (χ0) is 13.5. The molecule has 1 amide bonds. The molecule has 1 aliphatic rings. The van der Waals surface area contributed by atoms with Crippen molar-refractivity contribution in [2.24, 2.45) is 5.92 Å². The van der Waals surface area contributed by atoms with Gasteiger partial charge in [0.2, 0.25) is 5.91 Å². The number of nitrogens with one attached hydrogen (secondary N) is 2. The van der Waals surface area contributed by atoms with Crippen LogP contribution in [0.25, 0.3) is 0 Å². The van der Waals surface area contributed by atoms with Crippen LogP contribution < -0.4 is 10.6 Å². The first-order valence-corrected chi connectivity index (χ1v) is 6.76. The molecule has 0 radical (unpaired) electrons. The average Bonchev–Trinajstić information content (AvgIpc) is 2.34. The van der Waals surface area contributed by atoms with Gasteiger partial charge in [-0.2, -0.15) is 0 Å².